The zero-order valence-corrected chi connectivity index (χ0v) is 23.9. The van der Waals surface area contributed by atoms with Crippen LogP contribution in [-0.4, -0.2) is 57.1 Å². The molecule has 2 aromatic carbocycles. The average molecular weight is 532 g/mol. The van der Waals surface area contributed by atoms with Gasteiger partial charge in [-0.3, -0.25) is 13.9 Å². The first-order valence-corrected chi connectivity index (χ1v) is 14.5. The van der Waals surface area contributed by atoms with E-state index in [1.165, 1.54) is 10.6 Å². The Kier molecular flexibility index (Phi) is 11.0. The molecule has 0 radical (unpaired) electrons. The maximum absolute atomic E-state index is 13.4. The monoisotopic (exact) mass is 531 g/mol. The van der Waals surface area contributed by atoms with Crippen LogP contribution in [-0.2, 0) is 26.2 Å². The minimum atomic E-state index is -3.54. The molecule has 0 saturated carbocycles. The van der Waals surface area contributed by atoms with Crippen molar-refractivity contribution in [3.8, 4) is 5.75 Å². The maximum Gasteiger partial charge on any atom is 0.242 e. The van der Waals surface area contributed by atoms with Crippen LogP contribution in [0.15, 0.2) is 42.5 Å². The van der Waals surface area contributed by atoms with E-state index in [4.69, 9.17) is 4.74 Å². The minimum absolute atomic E-state index is 0.00576. The molecule has 2 aromatic rings. The fraction of sp³-hybridized carbons (Fsp3) is 0.500. The van der Waals surface area contributed by atoms with E-state index in [0.29, 0.717) is 17.9 Å². The van der Waals surface area contributed by atoms with E-state index in [2.05, 4.69) is 5.32 Å². The van der Waals surface area contributed by atoms with Gasteiger partial charge in [-0.25, -0.2) is 8.42 Å². The number of carbonyl (C=O) groups is 2. The van der Waals surface area contributed by atoms with E-state index >= 15 is 0 Å². The van der Waals surface area contributed by atoms with Gasteiger partial charge >= 0.3 is 0 Å². The molecule has 0 heterocycles. The van der Waals surface area contributed by atoms with Crippen LogP contribution in [0.5, 0.6) is 5.75 Å². The highest BCUT2D eigenvalue weighted by molar-refractivity contribution is 7.92. The Morgan fingerprint density at radius 3 is 2.27 bits per heavy atom. The fourth-order valence-electron chi connectivity index (χ4n) is 3.95. The van der Waals surface area contributed by atoms with Gasteiger partial charge < -0.3 is 15.0 Å². The van der Waals surface area contributed by atoms with E-state index in [0.717, 1.165) is 23.1 Å². The number of aryl methyl sites for hydroxylation is 2. The standard InChI is InChI=1S/C28H41N3O5S/c1-8-22(4)29-28(33)23(5)30(19-24-13-15-25(36-6)16-14-24)27(32)10-9-17-31(37(7,34)35)26-18-20(2)11-12-21(26)3/h11-16,18,22-23H,8-10,17,19H2,1-7H3,(H,29,33)/t22-,23-/m1/s1. The second-order valence-electron chi connectivity index (χ2n) is 9.59. The summed E-state index contributed by atoms with van der Waals surface area (Å²) in [5.41, 5.74) is 3.28. The van der Waals surface area contributed by atoms with Crippen LogP contribution in [0.4, 0.5) is 5.69 Å². The molecule has 0 fully saturated rings. The molecule has 0 spiro atoms. The Morgan fingerprint density at radius 2 is 1.70 bits per heavy atom. The van der Waals surface area contributed by atoms with Crippen molar-refractivity contribution in [1.82, 2.24) is 10.2 Å². The molecular formula is C28H41N3O5S. The second-order valence-corrected chi connectivity index (χ2v) is 11.5. The van der Waals surface area contributed by atoms with E-state index in [-0.39, 0.29) is 37.4 Å². The molecule has 0 unspecified atom stereocenters. The number of nitrogens with one attached hydrogen (secondary N) is 1. The Bertz CT molecular complexity index is 1160. The third-order valence-electron chi connectivity index (χ3n) is 6.47. The number of hydrogen-bond acceptors (Lipinski definition) is 5. The molecule has 1 N–H and O–H groups in total. The van der Waals surface area contributed by atoms with E-state index in [9.17, 15) is 18.0 Å². The summed E-state index contributed by atoms with van der Waals surface area (Å²) in [6, 6.07) is 12.3. The van der Waals surface area contributed by atoms with Crippen LogP contribution in [0.3, 0.4) is 0 Å². The lowest BCUT2D eigenvalue weighted by atomic mass is 10.1. The van der Waals surface area contributed by atoms with Crippen molar-refractivity contribution in [2.24, 2.45) is 0 Å². The van der Waals surface area contributed by atoms with Gasteiger partial charge in [0.2, 0.25) is 21.8 Å². The summed E-state index contributed by atoms with van der Waals surface area (Å²) in [6.07, 6.45) is 2.38. The van der Waals surface area contributed by atoms with Gasteiger partial charge in [-0.2, -0.15) is 0 Å². The van der Waals surface area contributed by atoms with Crippen LogP contribution >= 0.6 is 0 Å². The fourth-order valence-corrected chi connectivity index (χ4v) is 4.96. The second kappa shape index (κ2) is 13.5. The van der Waals surface area contributed by atoms with Gasteiger partial charge in [-0.05, 0) is 75.4 Å². The van der Waals surface area contributed by atoms with Gasteiger partial charge in [-0.15, -0.1) is 0 Å². The molecule has 37 heavy (non-hydrogen) atoms. The lowest BCUT2D eigenvalue weighted by Gasteiger charge is -2.30. The maximum atomic E-state index is 13.4. The van der Waals surface area contributed by atoms with Gasteiger partial charge in [0.05, 0.1) is 19.1 Å². The van der Waals surface area contributed by atoms with Crippen LogP contribution < -0.4 is 14.4 Å². The molecule has 9 heteroatoms. The molecule has 8 nitrogen and oxygen atoms in total. The lowest BCUT2D eigenvalue weighted by molar-refractivity contribution is -0.140. The summed E-state index contributed by atoms with van der Waals surface area (Å²) in [5, 5.41) is 2.96. The summed E-state index contributed by atoms with van der Waals surface area (Å²) >= 11 is 0. The number of methoxy groups -OCH3 is 1. The van der Waals surface area contributed by atoms with Crippen LogP contribution in [0.2, 0.25) is 0 Å². The van der Waals surface area contributed by atoms with Gasteiger partial charge in [0.15, 0.2) is 0 Å². The first-order valence-electron chi connectivity index (χ1n) is 12.6. The Morgan fingerprint density at radius 1 is 1.05 bits per heavy atom. The summed E-state index contributed by atoms with van der Waals surface area (Å²) in [4.78, 5) is 27.9. The number of carbonyl (C=O) groups excluding carboxylic acids is 2. The Balaban J connectivity index is 2.21. The number of ether oxygens (including phenoxy) is 1. The van der Waals surface area contributed by atoms with Crippen molar-refractivity contribution < 1.29 is 22.7 Å². The van der Waals surface area contributed by atoms with Crippen LogP contribution in [0, 0.1) is 13.8 Å². The average Bonchev–Trinajstić information content (AvgIpc) is 2.85. The highest BCUT2D eigenvalue weighted by Gasteiger charge is 2.27. The molecule has 0 aromatic heterocycles. The quantitative estimate of drug-likeness (QED) is 0.418. The summed E-state index contributed by atoms with van der Waals surface area (Å²) in [7, 11) is -1.96. The molecule has 204 valence electrons. The zero-order valence-electron chi connectivity index (χ0n) is 23.1. The van der Waals surface area contributed by atoms with Crippen molar-refractivity contribution in [2.75, 3.05) is 24.2 Å². The predicted molar refractivity (Wildman–Crippen MR) is 148 cm³/mol. The normalized spacial score (nSPS) is 12.9. The molecule has 2 atom stereocenters. The minimum Gasteiger partial charge on any atom is -0.497 e. The molecule has 0 aliphatic rings. The number of nitrogens with zero attached hydrogens (tertiary/aromatic N) is 2. The number of amides is 2. The van der Waals surface area contributed by atoms with Crippen molar-refractivity contribution in [3.63, 3.8) is 0 Å². The van der Waals surface area contributed by atoms with Crippen molar-refractivity contribution in [1.29, 1.82) is 0 Å². The SMILES string of the molecule is CC[C@@H](C)NC(=O)[C@@H](C)N(Cc1ccc(OC)cc1)C(=O)CCCN(c1cc(C)ccc1C)S(C)(=O)=O. The third kappa shape index (κ3) is 8.77. The largest absolute Gasteiger partial charge is 0.497 e. The first-order chi connectivity index (χ1) is 17.4. The topological polar surface area (TPSA) is 96.0 Å². The molecule has 0 aliphatic carbocycles. The van der Waals surface area contributed by atoms with Crippen LogP contribution in [0.1, 0.15) is 56.7 Å². The number of anilines is 1. The summed E-state index contributed by atoms with van der Waals surface area (Å²) < 4.78 is 31.8. The van der Waals surface area contributed by atoms with Crippen molar-refractivity contribution in [2.45, 2.75) is 72.5 Å². The Labute approximate surface area is 222 Å². The van der Waals surface area contributed by atoms with Gasteiger partial charge in [0.25, 0.3) is 0 Å². The number of benzene rings is 2. The van der Waals surface area contributed by atoms with Crippen molar-refractivity contribution in [3.05, 3.63) is 59.2 Å². The van der Waals surface area contributed by atoms with E-state index in [1.54, 1.807) is 18.9 Å². The highest BCUT2D eigenvalue weighted by atomic mass is 32.2. The summed E-state index contributed by atoms with van der Waals surface area (Å²) in [5.74, 6) is 0.276. The van der Waals surface area contributed by atoms with Gasteiger partial charge in [0.1, 0.15) is 11.8 Å². The first kappa shape index (κ1) is 30.2. The molecular weight excluding hydrogens is 490 g/mol. The number of hydrogen-bond donors (Lipinski definition) is 1. The lowest BCUT2D eigenvalue weighted by Crippen LogP contribution is -2.49. The zero-order chi connectivity index (χ0) is 27.8. The number of rotatable bonds is 13. The predicted octanol–water partition coefficient (Wildman–Crippen LogP) is 4.19. The molecule has 0 aliphatic heterocycles. The summed E-state index contributed by atoms with van der Waals surface area (Å²) in [6.45, 7) is 9.83. The van der Waals surface area contributed by atoms with Crippen LogP contribution in [0.25, 0.3) is 0 Å². The van der Waals surface area contributed by atoms with Crippen molar-refractivity contribution >= 4 is 27.5 Å². The molecule has 0 bridgehead atoms. The third-order valence-corrected chi connectivity index (χ3v) is 7.65. The molecule has 2 amide bonds. The molecule has 2 rings (SSSR count). The molecule has 0 saturated heterocycles. The van der Waals surface area contributed by atoms with E-state index in [1.807, 2.05) is 70.2 Å². The smallest absolute Gasteiger partial charge is 0.242 e. The van der Waals surface area contributed by atoms with Gasteiger partial charge in [-0.1, -0.05) is 31.2 Å². The highest BCUT2D eigenvalue weighted by Crippen LogP contribution is 2.25. The van der Waals surface area contributed by atoms with Gasteiger partial charge in [0, 0.05) is 25.6 Å². The van der Waals surface area contributed by atoms with E-state index < -0.39 is 16.1 Å². The Hall–Kier alpha value is -3.07. The number of sulfonamides is 1.